The highest BCUT2D eigenvalue weighted by molar-refractivity contribution is 6.02. The lowest BCUT2D eigenvalue weighted by Gasteiger charge is -2.26. The lowest BCUT2D eigenvalue weighted by atomic mass is 9.79. The number of benzene rings is 1. The number of pyridine rings is 1. The Morgan fingerprint density at radius 2 is 1.58 bits per heavy atom. The van der Waals surface area contributed by atoms with Gasteiger partial charge in [0.15, 0.2) is 17.3 Å². The standard InChI is InChI=1S/C22H23N3O6/c1-24-20-18(21(27)25(2)22(24)28)13-6-11(7-15(26)14(13)10-23-20)12-8-16(29-3)19(31-5)17(9-12)30-4/h8-11H,6-7H2,1-5H3/t11-/m1/s1. The normalized spacial score (nSPS) is 15.6. The topological polar surface area (TPSA) is 102 Å². The molecule has 0 aliphatic heterocycles. The predicted molar refractivity (Wildman–Crippen MR) is 114 cm³/mol. The SMILES string of the molecule is COc1cc([C@H]2CC(=O)c3cnc4c(c3C2)c(=O)n(C)c(=O)n4C)cc(OC)c1OC. The van der Waals surface area contributed by atoms with Crippen LogP contribution in [0.3, 0.4) is 0 Å². The first-order valence-corrected chi connectivity index (χ1v) is 9.73. The summed E-state index contributed by atoms with van der Waals surface area (Å²) in [7, 11) is 7.58. The lowest BCUT2D eigenvalue weighted by molar-refractivity contribution is 0.0964. The summed E-state index contributed by atoms with van der Waals surface area (Å²) < 4.78 is 18.6. The van der Waals surface area contributed by atoms with Gasteiger partial charge in [0, 0.05) is 32.3 Å². The van der Waals surface area contributed by atoms with Gasteiger partial charge < -0.3 is 14.2 Å². The second-order valence-corrected chi connectivity index (χ2v) is 7.54. The van der Waals surface area contributed by atoms with Crippen LogP contribution < -0.4 is 25.5 Å². The van der Waals surface area contributed by atoms with Gasteiger partial charge in [0.25, 0.3) is 5.56 Å². The number of fused-ring (bicyclic) bond motifs is 3. The van der Waals surface area contributed by atoms with Crippen LogP contribution in [0.5, 0.6) is 17.2 Å². The highest BCUT2D eigenvalue weighted by atomic mass is 16.5. The van der Waals surface area contributed by atoms with E-state index in [2.05, 4.69) is 4.98 Å². The second-order valence-electron chi connectivity index (χ2n) is 7.54. The van der Waals surface area contributed by atoms with Crippen molar-refractivity contribution in [2.24, 2.45) is 14.1 Å². The van der Waals surface area contributed by atoms with Crippen LogP contribution in [0.15, 0.2) is 27.9 Å². The molecule has 9 nitrogen and oxygen atoms in total. The van der Waals surface area contributed by atoms with Crippen LogP contribution in [0.4, 0.5) is 0 Å². The summed E-state index contributed by atoms with van der Waals surface area (Å²) in [6, 6.07) is 3.64. The third kappa shape index (κ3) is 3.08. The molecule has 31 heavy (non-hydrogen) atoms. The lowest BCUT2D eigenvalue weighted by Crippen LogP contribution is -2.38. The van der Waals surface area contributed by atoms with Gasteiger partial charge in [0.1, 0.15) is 5.65 Å². The highest BCUT2D eigenvalue weighted by Gasteiger charge is 2.31. The number of carbonyl (C=O) groups is 1. The number of aromatic nitrogens is 3. The van der Waals surface area contributed by atoms with Crippen molar-refractivity contribution in [3.63, 3.8) is 0 Å². The zero-order valence-corrected chi connectivity index (χ0v) is 18.0. The average molecular weight is 425 g/mol. The Morgan fingerprint density at radius 1 is 0.935 bits per heavy atom. The van der Waals surface area contributed by atoms with E-state index in [9.17, 15) is 14.4 Å². The molecule has 0 radical (unpaired) electrons. The molecule has 162 valence electrons. The molecule has 3 aromatic rings. The first-order valence-electron chi connectivity index (χ1n) is 9.73. The number of methoxy groups -OCH3 is 3. The quantitative estimate of drug-likeness (QED) is 0.625. The maximum Gasteiger partial charge on any atom is 0.332 e. The summed E-state index contributed by atoms with van der Waals surface area (Å²) in [6.45, 7) is 0. The molecule has 4 rings (SSSR count). The monoisotopic (exact) mass is 425 g/mol. The van der Waals surface area contributed by atoms with Gasteiger partial charge in [-0.05, 0) is 35.6 Å². The largest absolute Gasteiger partial charge is 0.493 e. The number of ether oxygens (including phenoxy) is 3. The van der Waals surface area contributed by atoms with Gasteiger partial charge in [-0.15, -0.1) is 0 Å². The van der Waals surface area contributed by atoms with Crippen LogP contribution >= 0.6 is 0 Å². The summed E-state index contributed by atoms with van der Waals surface area (Å²) >= 11 is 0. The van der Waals surface area contributed by atoms with Crippen LogP contribution in [-0.4, -0.2) is 41.2 Å². The summed E-state index contributed by atoms with van der Waals surface area (Å²) in [5.41, 5.74) is 1.21. The molecular weight excluding hydrogens is 402 g/mol. The molecule has 1 aliphatic carbocycles. The molecular formula is C22H23N3O6. The number of aryl methyl sites for hydroxylation is 1. The number of Topliss-reactive ketones (excluding diaryl/α,β-unsaturated/α-hetero) is 1. The van der Waals surface area contributed by atoms with Crippen LogP contribution in [0, 0.1) is 0 Å². The van der Waals surface area contributed by atoms with Gasteiger partial charge in [0.05, 0.1) is 26.7 Å². The summed E-state index contributed by atoms with van der Waals surface area (Å²) in [6.07, 6.45) is 2.15. The summed E-state index contributed by atoms with van der Waals surface area (Å²) in [5, 5.41) is 0.299. The van der Waals surface area contributed by atoms with Crippen LogP contribution in [0.1, 0.15) is 33.8 Å². The fourth-order valence-electron chi connectivity index (χ4n) is 4.26. The molecule has 0 spiro atoms. The van der Waals surface area contributed by atoms with Crippen molar-refractivity contribution in [1.29, 1.82) is 0 Å². The van der Waals surface area contributed by atoms with Gasteiger partial charge in [-0.2, -0.15) is 0 Å². The van der Waals surface area contributed by atoms with Crippen molar-refractivity contribution in [3.05, 3.63) is 55.9 Å². The summed E-state index contributed by atoms with van der Waals surface area (Å²) in [4.78, 5) is 42.5. The molecule has 1 atom stereocenters. The molecule has 1 aliphatic rings. The van der Waals surface area contributed by atoms with Gasteiger partial charge in [-0.3, -0.25) is 18.7 Å². The first-order chi connectivity index (χ1) is 14.8. The van der Waals surface area contributed by atoms with E-state index in [0.717, 1.165) is 10.1 Å². The van der Waals surface area contributed by atoms with E-state index < -0.39 is 11.2 Å². The van der Waals surface area contributed by atoms with Crippen LogP contribution in [0.2, 0.25) is 0 Å². The molecule has 0 bridgehead atoms. The summed E-state index contributed by atoms with van der Waals surface area (Å²) in [5.74, 6) is 1.14. The maximum absolute atomic E-state index is 13.0. The number of carbonyl (C=O) groups excluding carboxylic acids is 1. The minimum absolute atomic E-state index is 0.106. The van der Waals surface area contributed by atoms with Crippen molar-refractivity contribution in [3.8, 4) is 17.2 Å². The first kappa shape index (κ1) is 20.6. The number of ketones is 1. The molecule has 2 aromatic heterocycles. The maximum atomic E-state index is 13.0. The Kier molecular flexibility index (Phi) is 5.04. The second kappa shape index (κ2) is 7.57. The van der Waals surface area contributed by atoms with Crippen LogP contribution in [0.25, 0.3) is 11.0 Å². The van der Waals surface area contributed by atoms with E-state index in [-0.39, 0.29) is 23.8 Å². The third-order valence-corrected chi connectivity index (χ3v) is 5.92. The Hall–Kier alpha value is -3.62. The minimum atomic E-state index is -0.465. The molecule has 9 heteroatoms. The van der Waals surface area contributed by atoms with Gasteiger partial charge in [-0.1, -0.05) is 0 Å². The Bertz CT molecular complexity index is 1310. The third-order valence-electron chi connectivity index (χ3n) is 5.92. The van der Waals surface area contributed by atoms with Gasteiger partial charge >= 0.3 is 5.69 Å². The highest BCUT2D eigenvalue weighted by Crippen LogP contribution is 2.43. The molecule has 0 saturated heterocycles. The molecule has 0 fully saturated rings. The van der Waals surface area contributed by atoms with E-state index in [1.54, 1.807) is 7.05 Å². The van der Waals surface area contributed by atoms with Crippen molar-refractivity contribution >= 4 is 16.8 Å². The van der Waals surface area contributed by atoms with Crippen molar-refractivity contribution in [2.75, 3.05) is 21.3 Å². The fraction of sp³-hybridized carbons (Fsp3) is 0.364. The van der Waals surface area contributed by atoms with Crippen LogP contribution in [-0.2, 0) is 20.5 Å². The minimum Gasteiger partial charge on any atom is -0.493 e. The molecule has 0 N–H and O–H groups in total. The zero-order valence-electron chi connectivity index (χ0n) is 18.0. The smallest absolute Gasteiger partial charge is 0.332 e. The number of nitrogens with zero attached hydrogens (tertiary/aromatic N) is 3. The van der Waals surface area contributed by atoms with E-state index >= 15 is 0 Å². The Labute approximate surface area is 177 Å². The van der Waals surface area contributed by atoms with Gasteiger partial charge in [0.2, 0.25) is 5.75 Å². The van der Waals surface area contributed by atoms with Crippen molar-refractivity contribution in [1.82, 2.24) is 14.1 Å². The van der Waals surface area contributed by atoms with Gasteiger partial charge in [-0.25, -0.2) is 9.78 Å². The molecule has 1 aromatic carbocycles. The number of hydrogen-bond acceptors (Lipinski definition) is 7. The molecule has 0 unspecified atom stereocenters. The fourth-order valence-corrected chi connectivity index (χ4v) is 4.26. The zero-order chi connectivity index (χ0) is 22.4. The van der Waals surface area contributed by atoms with E-state index in [4.69, 9.17) is 14.2 Å². The number of hydrogen-bond donors (Lipinski definition) is 0. The molecule has 0 saturated carbocycles. The van der Waals surface area contributed by atoms with E-state index in [1.165, 1.54) is 39.1 Å². The molecule has 2 heterocycles. The Morgan fingerprint density at radius 3 is 2.16 bits per heavy atom. The molecule has 0 amide bonds. The van der Waals surface area contributed by atoms with Crippen molar-refractivity contribution in [2.45, 2.75) is 18.8 Å². The average Bonchev–Trinajstić information content (AvgIpc) is 2.79. The van der Waals surface area contributed by atoms with Crippen molar-refractivity contribution < 1.29 is 19.0 Å². The predicted octanol–water partition coefficient (Wildman–Crippen LogP) is 1.57. The number of rotatable bonds is 4. The Balaban J connectivity index is 1.93. The van der Waals surface area contributed by atoms with E-state index in [0.29, 0.717) is 40.2 Å². The van der Waals surface area contributed by atoms with E-state index in [1.807, 2.05) is 12.1 Å².